The van der Waals surface area contributed by atoms with Gasteiger partial charge in [0, 0.05) is 28.2 Å². The van der Waals surface area contributed by atoms with Gasteiger partial charge in [-0.1, -0.05) is 48.4 Å². The molecule has 1 atom stereocenters. The summed E-state index contributed by atoms with van der Waals surface area (Å²) in [5.41, 5.74) is 5.60. The van der Waals surface area contributed by atoms with Gasteiger partial charge in [0.15, 0.2) is 0 Å². The third-order valence-corrected chi connectivity index (χ3v) is 5.38. The minimum Gasteiger partial charge on any atom is -0.449 e. The largest absolute Gasteiger partial charge is 0.449 e. The number of hydrogen-bond acceptors (Lipinski definition) is 2. The molecule has 0 aliphatic carbocycles. The predicted octanol–water partition coefficient (Wildman–Crippen LogP) is 5.62. The highest BCUT2D eigenvalue weighted by atomic mass is 35.5. The lowest BCUT2D eigenvalue weighted by molar-refractivity contribution is 0.0889. The second-order valence-corrected chi connectivity index (χ2v) is 7.51. The molecule has 5 heteroatoms. The molecule has 0 fully saturated rings. The Kier molecular flexibility index (Phi) is 4.83. The van der Waals surface area contributed by atoms with Crippen LogP contribution in [0.2, 0.25) is 5.02 Å². The number of H-pyrrole nitrogens is 1. The number of fused-ring (bicyclic) bond motifs is 3. The molecule has 2 aromatic carbocycles. The number of hydrogen-bond donors (Lipinski definition) is 1. The van der Waals surface area contributed by atoms with E-state index in [1.54, 1.807) is 0 Å². The van der Waals surface area contributed by atoms with Gasteiger partial charge in [-0.25, -0.2) is 4.79 Å². The summed E-state index contributed by atoms with van der Waals surface area (Å²) in [7, 11) is 0. The molecule has 0 radical (unpaired) electrons. The fourth-order valence-electron chi connectivity index (χ4n) is 3.83. The first-order valence-corrected chi connectivity index (χ1v) is 9.76. The standard InChI is InChI=1S/C22H23ClN2O2/c1-3-12-27-22(26)25-11-10-17-18-13-16(23)8-9-19(18)24-20(17)21(25)15-6-4-14(2)5-7-15/h4-9,13,21,24H,3,10-12H2,1-2H3. The lowest BCUT2D eigenvalue weighted by Crippen LogP contribution is -2.41. The Morgan fingerprint density at radius 2 is 2.04 bits per heavy atom. The number of aromatic amines is 1. The Morgan fingerprint density at radius 1 is 1.26 bits per heavy atom. The van der Waals surface area contributed by atoms with Crippen LogP contribution in [0.15, 0.2) is 42.5 Å². The second-order valence-electron chi connectivity index (χ2n) is 7.08. The fraction of sp³-hybridized carbons (Fsp3) is 0.318. The fourth-order valence-corrected chi connectivity index (χ4v) is 4.00. The van der Waals surface area contributed by atoms with E-state index in [1.807, 2.05) is 30.0 Å². The predicted molar refractivity (Wildman–Crippen MR) is 108 cm³/mol. The van der Waals surface area contributed by atoms with E-state index in [9.17, 15) is 4.79 Å². The number of carbonyl (C=O) groups is 1. The molecule has 1 aliphatic rings. The van der Waals surface area contributed by atoms with Crippen LogP contribution in [0.25, 0.3) is 10.9 Å². The number of aromatic nitrogens is 1. The van der Waals surface area contributed by atoms with Gasteiger partial charge in [0.2, 0.25) is 0 Å². The van der Waals surface area contributed by atoms with Crippen molar-refractivity contribution < 1.29 is 9.53 Å². The number of nitrogens with one attached hydrogen (secondary N) is 1. The van der Waals surface area contributed by atoms with Crippen LogP contribution in [0.3, 0.4) is 0 Å². The van der Waals surface area contributed by atoms with Gasteiger partial charge in [-0.05, 0) is 49.1 Å². The monoisotopic (exact) mass is 382 g/mol. The molecule has 1 amide bonds. The summed E-state index contributed by atoms with van der Waals surface area (Å²) in [6, 6.07) is 14.1. The smallest absolute Gasteiger partial charge is 0.410 e. The van der Waals surface area contributed by atoms with E-state index in [4.69, 9.17) is 16.3 Å². The molecular formula is C22H23ClN2O2. The molecule has 0 spiro atoms. The number of ether oxygens (including phenoxy) is 1. The first kappa shape index (κ1) is 17.9. The van der Waals surface area contributed by atoms with E-state index in [2.05, 4.69) is 36.2 Å². The first-order chi connectivity index (χ1) is 13.1. The summed E-state index contributed by atoms with van der Waals surface area (Å²) >= 11 is 6.23. The topological polar surface area (TPSA) is 45.3 Å². The lowest BCUT2D eigenvalue weighted by Gasteiger charge is -2.35. The average Bonchev–Trinajstić information content (AvgIpc) is 3.04. The number of halogens is 1. The normalized spacial score (nSPS) is 16.4. The quantitative estimate of drug-likeness (QED) is 0.638. The van der Waals surface area contributed by atoms with Crippen molar-refractivity contribution in [2.75, 3.05) is 13.2 Å². The van der Waals surface area contributed by atoms with Crippen molar-refractivity contribution in [1.29, 1.82) is 0 Å². The van der Waals surface area contributed by atoms with Gasteiger partial charge in [-0.15, -0.1) is 0 Å². The zero-order valence-corrected chi connectivity index (χ0v) is 16.3. The summed E-state index contributed by atoms with van der Waals surface area (Å²) in [6.07, 6.45) is 1.33. The number of amides is 1. The Hall–Kier alpha value is -2.46. The van der Waals surface area contributed by atoms with Crippen LogP contribution in [-0.2, 0) is 11.2 Å². The molecule has 27 heavy (non-hydrogen) atoms. The van der Waals surface area contributed by atoms with Gasteiger partial charge in [0.05, 0.1) is 6.61 Å². The molecule has 0 bridgehead atoms. The molecule has 4 rings (SSSR count). The van der Waals surface area contributed by atoms with Gasteiger partial charge in [0.25, 0.3) is 0 Å². The molecule has 1 aromatic heterocycles. The highest BCUT2D eigenvalue weighted by molar-refractivity contribution is 6.31. The van der Waals surface area contributed by atoms with E-state index >= 15 is 0 Å². The van der Waals surface area contributed by atoms with Gasteiger partial charge in [0.1, 0.15) is 6.04 Å². The van der Waals surface area contributed by atoms with Gasteiger partial charge < -0.3 is 9.72 Å². The minimum atomic E-state index is -0.259. The third kappa shape index (κ3) is 3.30. The van der Waals surface area contributed by atoms with Crippen LogP contribution in [0.5, 0.6) is 0 Å². The number of carbonyl (C=O) groups excluding carboxylic acids is 1. The summed E-state index contributed by atoms with van der Waals surface area (Å²) < 4.78 is 5.47. The third-order valence-electron chi connectivity index (χ3n) is 5.15. The Labute approximate surface area is 164 Å². The van der Waals surface area contributed by atoms with Crippen molar-refractivity contribution in [3.63, 3.8) is 0 Å². The maximum atomic E-state index is 12.8. The number of benzene rings is 2. The minimum absolute atomic E-state index is 0.190. The van der Waals surface area contributed by atoms with Crippen LogP contribution in [-0.4, -0.2) is 29.1 Å². The molecule has 1 aliphatic heterocycles. The van der Waals surface area contributed by atoms with Crippen molar-refractivity contribution in [3.8, 4) is 0 Å². The van der Waals surface area contributed by atoms with Gasteiger partial charge in [-0.3, -0.25) is 4.90 Å². The van der Waals surface area contributed by atoms with Crippen molar-refractivity contribution in [1.82, 2.24) is 9.88 Å². The van der Waals surface area contributed by atoms with Crippen molar-refractivity contribution in [3.05, 3.63) is 69.9 Å². The van der Waals surface area contributed by atoms with Crippen molar-refractivity contribution in [2.24, 2.45) is 0 Å². The van der Waals surface area contributed by atoms with Crippen LogP contribution in [0.1, 0.15) is 41.8 Å². The summed E-state index contributed by atoms with van der Waals surface area (Å²) in [4.78, 5) is 18.1. The second kappa shape index (κ2) is 7.28. The zero-order chi connectivity index (χ0) is 19.0. The van der Waals surface area contributed by atoms with E-state index in [0.717, 1.165) is 40.0 Å². The molecule has 2 heterocycles. The molecule has 0 saturated heterocycles. The van der Waals surface area contributed by atoms with Crippen molar-refractivity contribution in [2.45, 2.75) is 32.7 Å². The maximum Gasteiger partial charge on any atom is 0.410 e. The van der Waals surface area contributed by atoms with Gasteiger partial charge >= 0.3 is 6.09 Å². The van der Waals surface area contributed by atoms with Crippen LogP contribution in [0, 0.1) is 6.92 Å². The van der Waals surface area contributed by atoms with E-state index in [1.165, 1.54) is 11.1 Å². The Balaban J connectivity index is 1.83. The van der Waals surface area contributed by atoms with Crippen LogP contribution >= 0.6 is 11.6 Å². The van der Waals surface area contributed by atoms with E-state index < -0.39 is 0 Å². The lowest BCUT2D eigenvalue weighted by atomic mass is 9.92. The summed E-state index contributed by atoms with van der Waals surface area (Å²) in [6.45, 7) is 5.12. The highest BCUT2D eigenvalue weighted by Gasteiger charge is 2.35. The van der Waals surface area contributed by atoms with Crippen LogP contribution < -0.4 is 0 Å². The Morgan fingerprint density at radius 3 is 2.78 bits per heavy atom. The molecular weight excluding hydrogens is 360 g/mol. The molecule has 1 N–H and O–H groups in total. The first-order valence-electron chi connectivity index (χ1n) is 9.38. The molecule has 4 nitrogen and oxygen atoms in total. The molecule has 0 saturated carbocycles. The van der Waals surface area contributed by atoms with Crippen molar-refractivity contribution >= 4 is 28.6 Å². The number of aryl methyl sites for hydroxylation is 1. The average molecular weight is 383 g/mol. The molecule has 3 aromatic rings. The summed E-state index contributed by atoms with van der Waals surface area (Å²) in [5, 5.41) is 1.86. The number of rotatable bonds is 3. The molecule has 140 valence electrons. The maximum absolute atomic E-state index is 12.8. The Bertz CT molecular complexity index is 978. The van der Waals surface area contributed by atoms with Gasteiger partial charge in [-0.2, -0.15) is 0 Å². The van der Waals surface area contributed by atoms with E-state index in [-0.39, 0.29) is 12.1 Å². The highest BCUT2D eigenvalue weighted by Crippen LogP contribution is 2.39. The van der Waals surface area contributed by atoms with E-state index in [0.29, 0.717) is 13.2 Å². The molecule has 1 unspecified atom stereocenters. The van der Waals surface area contributed by atoms with Crippen LogP contribution in [0.4, 0.5) is 4.79 Å². The number of nitrogens with zero attached hydrogens (tertiary/aromatic N) is 1. The summed E-state index contributed by atoms with van der Waals surface area (Å²) in [5.74, 6) is 0. The zero-order valence-electron chi connectivity index (χ0n) is 15.6. The SMILES string of the molecule is CCCOC(=O)N1CCc2c([nH]c3ccc(Cl)cc23)C1c1ccc(C)cc1.